The van der Waals surface area contributed by atoms with E-state index >= 15 is 0 Å². The smallest absolute Gasteiger partial charge is 0.0936 e. The second-order valence-electron chi connectivity index (χ2n) is 4.14. The monoisotopic (exact) mass is 198 g/mol. The van der Waals surface area contributed by atoms with Crippen molar-refractivity contribution in [3.63, 3.8) is 0 Å². The van der Waals surface area contributed by atoms with Gasteiger partial charge in [0.1, 0.15) is 0 Å². The Bertz CT molecular complexity index is 143. The van der Waals surface area contributed by atoms with E-state index in [9.17, 15) is 0 Å². The largest absolute Gasteiger partial charge is 0.387 e. The molecule has 0 spiro atoms. The highest BCUT2D eigenvalue weighted by molar-refractivity contribution is 5.79. The fourth-order valence-corrected chi connectivity index (χ4v) is 1.80. The highest BCUT2D eigenvalue weighted by Gasteiger charge is 2.09. The van der Waals surface area contributed by atoms with Crippen molar-refractivity contribution >= 4 is 5.84 Å². The molecule has 0 amide bonds. The van der Waals surface area contributed by atoms with Gasteiger partial charge in [0.15, 0.2) is 0 Å². The molecule has 0 aromatic heterocycles. The first-order chi connectivity index (χ1) is 6.72. The van der Waals surface area contributed by atoms with E-state index in [0.29, 0.717) is 11.8 Å². The average molecular weight is 198 g/mol. The number of hydrogen-bond acceptors (Lipinski definition) is 1. The van der Waals surface area contributed by atoms with E-state index in [1.807, 2.05) is 0 Å². The number of hydrogen-bond donors (Lipinski definition) is 2. The first kappa shape index (κ1) is 13.5. The standard InChI is InChI=1S/C12H26N2/c1-3-5-6-7-8-10-11(9-4-2)12(13)14/h11H,3-10H2,1-2H3,(H3,13,14). The molecule has 0 aliphatic heterocycles. The van der Waals surface area contributed by atoms with E-state index in [1.54, 1.807) is 0 Å². The van der Waals surface area contributed by atoms with Crippen molar-refractivity contribution in [1.29, 1.82) is 5.41 Å². The van der Waals surface area contributed by atoms with Gasteiger partial charge in [-0.2, -0.15) is 0 Å². The minimum atomic E-state index is 0.349. The molecule has 0 saturated heterocycles. The van der Waals surface area contributed by atoms with Gasteiger partial charge in [0.2, 0.25) is 0 Å². The number of nitrogens with one attached hydrogen (secondary N) is 1. The molecule has 0 bridgehead atoms. The predicted octanol–water partition coefficient (Wildman–Crippen LogP) is 3.70. The van der Waals surface area contributed by atoms with Crippen LogP contribution in [0, 0.1) is 11.3 Å². The summed E-state index contributed by atoms with van der Waals surface area (Å²) in [4.78, 5) is 0. The van der Waals surface area contributed by atoms with Gasteiger partial charge >= 0.3 is 0 Å². The lowest BCUT2D eigenvalue weighted by molar-refractivity contribution is 0.509. The molecular weight excluding hydrogens is 172 g/mol. The Balaban J connectivity index is 3.46. The van der Waals surface area contributed by atoms with Crippen LogP contribution < -0.4 is 5.73 Å². The summed E-state index contributed by atoms with van der Waals surface area (Å²) in [6, 6.07) is 0. The maximum Gasteiger partial charge on any atom is 0.0936 e. The van der Waals surface area contributed by atoms with E-state index in [1.165, 1.54) is 32.1 Å². The van der Waals surface area contributed by atoms with Crippen LogP contribution in [0.1, 0.15) is 65.2 Å². The third-order valence-corrected chi connectivity index (χ3v) is 2.73. The molecule has 0 aliphatic carbocycles. The van der Waals surface area contributed by atoms with Gasteiger partial charge in [-0.05, 0) is 12.8 Å². The van der Waals surface area contributed by atoms with Crippen LogP contribution in [0.2, 0.25) is 0 Å². The summed E-state index contributed by atoms with van der Waals surface area (Å²) >= 11 is 0. The van der Waals surface area contributed by atoms with Crippen LogP contribution in [0.5, 0.6) is 0 Å². The summed E-state index contributed by atoms with van der Waals surface area (Å²) in [6.07, 6.45) is 9.87. The van der Waals surface area contributed by atoms with Crippen LogP contribution in [0.4, 0.5) is 0 Å². The van der Waals surface area contributed by atoms with Crippen molar-refractivity contribution < 1.29 is 0 Å². The number of unbranched alkanes of at least 4 members (excludes halogenated alkanes) is 4. The molecule has 0 fully saturated rings. The van der Waals surface area contributed by atoms with E-state index in [-0.39, 0.29) is 0 Å². The fraction of sp³-hybridized carbons (Fsp3) is 0.917. The van der Waals surface area contributed by atoms with Gasteiger partial charge in [-0.1, -0.05) is 52.4 Å². The lowest BCUT2D eigenvalue weighted by Gasteiger charge is -2.13. The Labute approximate surface area is 88.8 Å². The fourth-order valence-electron chi connectivity index (χ4n) is 1.80. The third-order valence-electron chi connectivity index (χ3n) is 2.73. The number of rotatable bonds is 9. The molecule has 0 aromatic rings. The molecule has 0 aliphatic rings. The van der Waals surface area contributed by atoms with E-state index in [0.717, 1.165) is 19.3 Å². The minimum Gasteiger partial charge on any atom is -0.387 e. The van der Waals surface area contributed by atoms with Crippen LogP contribution in [-0.2, 0) is 0 Å². The van der Waals surface area contributed by atoms with Crippen molar-refractivity contribution in [1.82, 2.24) is 0 Å². The summed E-state index contributed by atoms with van der Waals surface area (Å²) in [5, 5.41) is 7.45. The van der Waals surface area contributed by atoms with Gasteiger partial charge in [-0.25, -0.2) is 0 Å². The second-order valence-corrected chi connectivity index (χ2v) is 4.14. The molecule has 84 valence electrons. The van der Waals surface area contributed by atoms with Crippen LogP contribution in [-0.4, -0.2) is 5.84 Å². The van der Waals surface area contributed by atoms with Gasteiger partial charge in [-0.3, -0.25) is 5.41 Å². The zero-order valence-corrected chi connectivity index (χ0v) is 9.81. The third kappa shape index (κ3) is 6.93. The lowest BCUT2D eigenvalue weighted by atomic mass is 9.95. The zero-order valence-electron chi connectivity index (χ0n) is 9.81. The Kier molecular flexibility index (Phi) is 8.70. The molecule has 1 unspecified atom stereocenters. The van der Waals surface area contributed by atoms with Gasteiger partial charge in [-0.15, -0.1) is 0 Å². The van der Waals surface area contributed by atoms with Gasteiger partial charge in [0.05, 0.1) is 5.84 Å². The summed E-state index contributed by atoms with van der Waals surface area (Å²) in [5.41, 5.74) is 5.55. The molecular formula is C12H26N2. The van der Waals surface area contributed by atoms with Crippen molar-refractivity contribution in [3.8, 4) is 0 Å². The van der Waals surface area contributed by atoms with Crippen LogP contribution in [0.25, 0.3) is 0 Å². The molecule has 0 heterocycles. The molecule has 0 saturated carbocycles. The van der Waals surface area contributed by atoms with E-state index < -0.39 is 0 Å². The molecule has 0 aromatic carbocycles. The topological polar surface area (TPSA) is 49.9 Å². The summed E-state index contributed by atoms with van der Waals surface area (Å²) < 4.78 is 0. The molecule has 0 radical (unpaired) electrons. The van der Waals surface area contributed by atoms with E-state index in [2.05, 4.69) is 13.8 Å². The average Bonchev–Trinajstić information content (AvgIpc) is 2.15. The highest BCUT2D eigenvalue weighted by Crippen LogP contribution is 2.16. The van der Waals surface area contributed by atoms with Crippen molar-refractivity contribution in [2.24, 2.45) is 11.7 Å². The van der Waals surface area contributed by atoms with Gasteiger partial charge in [0.25, 0.3) is 0 Å². The van der Waals surface area contributed by atoms with Crippen LogP contribution in [0.15, 0.2) is 0 Å². The molecule has 3 N–H and O–H groups in total. The summed E-state index contributed by atoms with van der Waals surface area (Å²) in [6.45, 7) is 4.39. The highest BCUT2D eigenvalue weighted by atomic mass is 14.7. The number of nitrogens with two attached hydrogens (primary N) is 1. The Hall–Kier alpha value is -0.530. The van der Waals surface area contributed by atoms with E-state index in [4.69, 9.17) is 11.1 Å². The Morgan fingerprint density at radius 3 is 2.14 bits per heavy atom. The predicted molar refractivity (Wildman–Crippen MR) is 63.7 cm³/mol. The summed E-state index contributed by atoms with van der Waals surface area (Å²) in [5.74, 6) is 0.740. The SMILES string of the molecule is CCCCCCCC(CCC)C(=N)N. The zero-order chi connectivity index (χ0) is 10.8. The molecule has 14 heavy (non-hydrogen) atoms. The van der Waals surface area contributed by atoms with Crippen molar-refractivity contribution in [3.05, 3.63) is 0 Å². The van der Waals surface area contributed by atoms with Gasteiger partial charge < -0.3 is 5.73 Å². The molecule has 1 atom stereocenters. The minimum absolute atomic E-state index is 0.349. The quantitative estimate of drug-likeness (QED) is 0.331. The van der Waals surface area contributed by atoms with Crippen molar-refractivity contribution in [2.75, 3.05) is 0 Å². The van der Waals surface area contributed by atoms with Crippen LogP contribution in [0.3, 0.4) is 0 Å². The maximum atomic E-state index is 7.45. The maximum absolute atomic E-state index is 7.45. The Morgan fingerprint density at radius 2 is 1.64 bits per heavy atom. The first-order valence-corrected chi connectivity index (χ1v) is 6.06. The number of amidine groups is 1. The molecule has 2 nitrogen and oxygen atoms in total. The van der Waals surface area contributed by atoms with Gasteiger partial charge in [0, 0.05) is 5.92 Å². The molecule has 0 rings (SSSR count). The second kappa shape index (κ2) is 9.04. The summed E-state index contributed by atoms with van der Waals surface area (Å²) in [7, 11) is 0. The Morgan fingerprint density at radius 1 is 1.00 bits per heavy atom. The lowest BCUT2D eigenvalue weighted by Crippen LogP contribution is -2.22. The molecule has 2 heteroatoms. The van der Waals surface area contributed by atoms with Crippen LogP contribution >= 0.6 is 0 Å². The normalized spacial score (nSPS) is 12.7. The first-order valence-electron chi connectivity index (χ1n) is 6.06. The van der Waals surface area contributed by atoms with Crippen molar-refractivity contribution in [2.45, 2.75) is 65.2 Å².